The minimum absolute atomic E-state index is 0.458. The van der Waals surface area contributed by atoms with Crippen molar-refractivity contribution in [3.63, 3.8) is 0 Å². The summed E-state index contributed by atoms with van der Waals surface area (Å²) in [4.78, 5) is 10.2. The molecule has 1 aliphatic carbocycles. The van der Waals surface area contributed by atoms with E-state index < -0.39 is 0 Å². The van der Waals surface area contributed by atoms with Crippen LogP contribution in [0.25, 0.3) is 0 Å². The summed E-state index contributed by atoms with van der Waals surface area (Å²) in [5.41, 5.74) is 1.43. The first-order valence-corrected chi connectivity index (χ1v) is 6.12. The van der Waals surface area contributed by atoms with E-state index in [9.17, 15) is 4.79 Å². The lowest BCUT2D eigenvalue weighted by Gasteiger charge is -2.34. The minimum atomic E-state index is 0.458. The summed E-state index contributed by atoms with van der Waals surface area (Å²) >= 11 is 0. The molecule has 1 saturated carbocycles. The zero-order valence-electron chi connectivity index (χ0n) is 9.56. The Labute approximate surface area is 97.1 Å². The van der Waals surface area contributed by atoms with Gasteiger partial charge in [-0.15, -0.1) is 0 Å². The van der Waals surface area contributed by atoms with E-state index in [0.717, 1.165) is 12.3 Å². The van der Waals surface area contributed by atoms with E-state index in [4.69, 9.17) is 0 Å². The van der Waals surface area contributed by atoms with Crippen molar-refractivity contribution in [3.05, 3.63) is 35.9 Å². The molecule has 1 aromatic rings. The second kappa shape index (κ2) is 5.69. The van der Waals surface area contributed by atoms with Gasteiger partial charge in [-0.2, -0.15) is 0 Å². The summed E-state index contributed by atoms with van der Waals surface area (Å²) in [7, 11) is 0. The molecule has 0 radical (unpaired) electrons. The molecule has 0 bridgehead atoms. The number of nitrogens with one attached hydrogen (secondary N) is 1. The molecule has 0 saturated heterocycles. The molecule has 0 atom stereocenters. The first kappa shape index (κ1) is 11.2. The Kier molecular flexibility index (Phi) is 3.97. The fourth-order valence-corrected chi connectivity index (χ4v) is 2.44. The molecule has 1 fully saturated rings. The van der Waals surface area contributed by atoms with Gasteiger partial charge in [0.05, 0.1) is 0 Å². The van der Waals surface area contributed by atoms with Gasteiger partial charge in [-0.25, -0.2) is 0 Å². The Morgan fingerprint density at radius 1 is 1.25 bits per heavy atom. The Hall–Kier alpha value is -1.31. The Morgan fingerprint density at radius 3 is 2.69 bits per heavy atom. The van der Waals surface area contributed by atoms with Crippen molar-refractivity contribution in [2.75, 3.05) is 0 Å². The first-order chi connectivity index (χ1) is 7.88. The molecule has 0 aromatic heterocycles. The molecule has 2 nitrogen and oxygen atoms in total. The average molecular weight is 217 g/mol. The van der Waals surface area contributed by atoms with Gasteiger partial charge < -0.3 is 5.32 Å². The summed E-state index contributed by atoms with van der Waals surface area (Å²) in [5.74, 6) is 0.834. The van der Waals surface area contributed by atoms with Gasteiger partial charge in [0.25, 0.3) is 0 Å². The summed E-state index contributed by atoms with van der Waals surface area (Å²) in [6.07, 6.45) is 6.92. The van der Waals surface area contributed by atoms with Gasteiger partial charge in [0.15, 0.2) is 0 Å². The van der Waals surface area contributed by atoms with Gasteiger partial charge in [-0.05, 0) is 43.6 Å². The Bertz CT molecular complexity index is 317. The molecule has 0 heterocycles. The van der Waals surface area contributed by atoms with E-state index in [0.29, 0.717) is 6.04 Å². The quantitative estimate of drug-likeness (QED) is 0.729. The number of rotatable bonds is 6. The van der Waals surface area contributed by atoms with Gasteiger partial charge in [-0.1, -0.05) is 30.3 Å². The zero-order chi connectivity index (χ0) is 11.2. The highest BCUT2D eigenvalue weighted by Crippen LogP contribution is 2.31. The molecule has 2 rings (SSSR count). The number of hydrogen-bond donors (Lipinski definition) is 1. The third kappa shape index (κ3) is 3.09. The van der Waals surface area contributed by atoms with E-state index in [1.807, 2.05) is 0 Å². The number of amides is 1. The lowest BCUT2D eigenvalue weighted by molar-refractivity contribution is -0.110. The molecule has 0 aliphatic heterocycles. The molecule has 86 valence electrons. The molecule has 0 spiro atoms. The van der Waals surface area contributed by atoms with Gasteiger partial charge >= 0.3 is 0 Å². The highest BCUT2D eigenvalue weighted by molar-refractivity contribution is 5.46. The second-order valence-electron chi connectivity index (χ2n) is 4.70. The van der Waals surface area contributed by atoms with Crippen molar-refractivity contribution in [2.45, 2.75) is 38.1 Å². The SMILES string of the molecule is O=CNC1CC(CCCc2ccccc2)C1. The summed E-state index contributed by atoms with van der Waals surface area (Å²) in [5, 5.41) is 2.84. The van der Waals surface area contributed by atoms with Crippen LogP contribution in [0, 0.1) is 5.92 Å². The maximum Gasteiger partial charge on any atom is 0.207 e. The molecule has 1 N–H and O–H groups in total. The van der Waals surface area contributed by atoms with E-state index in [1.165, 1.54) is 37.7 Å². The van der Waals surface area contributed by atoms with Crippen LogP contribution in [-0.2, 0) is 11.2 Å². The molecule has 16 heavy (non-hydrogen) atoms. The third-order valence-electron chi connectivity index (χ3n) is 3.46. The van der Waals surface area contributed by atoms with Crippen LogP contribution in [0.4, 0.5) is 0 Å². The number of carbonyl (C=O) groups excluding carboxylic acids is 1. The summed E-state index contributed by atoms with van der Waals surface area (Å²) < 4.78 is 0. The molecule has 1 aliphatic rings. The Balaban J connectivity index is 1.58. The molecular formula is C14H19NO. The van der Waals surface area contributed by atoms with Gasteiger partial charge in [0.2, 0.25) is 6.41 Å². The van der Waals surface area contributed by atoms with Crippen LogP contribution in [0.15, 0.2) is 30.3 Å². The zero-order valence-corrected chi connectivity index (χ0v) is 9.56. The smallest absolute Gasteiger partial charge is 0.207 e. The van der Waals surface area contributed by atoms with Crippen LogP contribution in [0.1, 0.15) is 31.2 Å². The van der Waals surface area contributed by atoms with Crippen LogP contribution in [-0.4, -0.2) is 12.5 Å². The van der Waals surface area contributed by atoms with Crippen LogP contribution in [0.3, 0.4) is 0 Å². The largest absolute Gasteiger partial charge is 0.356 e. The van der Waals surface area contributed by atoms with Crippen molar-refractivity contribution < 1.29 is 4.79 Å². The molecular weight excluding hydrogens is 198 g/mol. The number of benzene rings is 1. The molecule has 1 amide bonds. The lowest BCUT2D eigenvalue weighted by atomic mass is 9.77. The normalized spacial score (nSPS) is 23.5. The van der Waals surface area contributed by atoms with Crippen LogP contribution in [0.5, 0.6) is 0 Å². The van der Waals surface area contributed by atoms with Crippen LogP contribution >= 0.6 is 0 Å². The lowest BCUT2D eigenvalue weighted by Crippen LogP contribution is -2.40. The predicted octanol–water partition coefficient (Wildman–Crippen LogP) is 2.53. The van der Waals surface area contributed by atoms with E-state index in [2.05, 4.69) is 35.6 Å². The van der Waals surface area contributed by atoms with Gasteiger partial charge in [-0.3, -0.25) is 4.79 Å². The van der Waals surface area contributed by atoms with Crippen molar-refractivity contribution in [2.24, 2.45) is 5.92 Å². The summed E-state index contributed by atoms with van der Waals surface area (Å²) in [6, 6.07) is 11.1. The van der Waals surface area contributed by atoms with Crippen molar-refractivity contribution in [1.82, 2.24) is 5.32 Å². The van der Waals surface area contributed by atoms with Gasteiger partial charge in [0.1, 0.15) is 0 Å². The maximum atomic E-state index is 10.2. The maximum absolute atomic E-state index is 10.2. The van der Waals surface area contributed by atoms with E-state index >= 15 is 0 Å². The van der Waals surface area contributed by atoms with Crippen molar-refractivity contribution in [1.29, 1.82) is 0 Å². The monoisotopic (exact) mass is 217 g/mol. The highest BCUT2D eigenvalue weighted by Gasteiger charge is 2.27. The summed E-state index contributed by atoms with van der Waals surface area (Å²) in [6.45, 7) is 0. The molecule has 1 aromatic carbocycles. The van der Waals surface area contributed by atoms with Crippen LogP contribution < -0.4 is 5.32 Å². The Morgan fingerprint density at radius 2 is 2.00 bits per heavy atom. The topological polar surface area (TPSA) is 29.1 Å². The van der Waals surface area contributed by atoms with Crippen molar-refractivity contribution in [3.8, 4) is 0 Å². The van der Waals surface area contributed by atoms with Gasteiger partial charge in [0, 0.05) is 6.04 Å². The van der Waals surface area contributed by atoms with E-state index in [-0.39, 0.29) is 0 Å². The standard InChI is InChI=1S/C14H19NO/c16-11-15-14-9-13(10-14)8-4-7-12-5-2-1-3-6-12/h1-3,5-6,11,13-14H,4,7-10H2,(H,15,16). The fourth-order valence-electron chi connectivity index (χ4n) is 2.44. The second-order valence-corrected chi connectivity index (χ2v) is 4.70. The third-order valence-corrected chi connectivity index (χ3v) is 3.46. The fraction of sp³-hybridized carbons (Fsp3) is 0.500. The first-order valence-electron chi connectivity index (χ1n) is 6.12. The van der Waals surface area contributed by atoms with E-state index in [1.54, 1.807) is 0 Å². The number of carbonyl (C=O) groups is 1. The number of aryl methyl sites for hydroxylation is 1. The predicted molar refractivity (Wildman–Crippen MR) is 65.1 cm³/mol. The highest BCUT2D eigenvalue weighted by atomic mass is 16.1. The molecule has 0 unspecified atom stereocenters. The van der Waals surface area contributed by atoms with Crippen molar-refractivity contribution >= 4 is 6.41 Å². The minimum Gasteiger partial charge on any atom is -0.356 e. The number of hydrogen-bond acceptors (Lipinski definition) is 1. The van der Waals surface area contributed by atoms with Crippen LogP contribution in [0.2, 0.25) is 0 Å². The molecule has 2 heteroatoms. The average Bonchev–Trinajstić information content (AvgIpc) is 2.27.